The van der Waals surface area contributed by atoms with Gasteiger partial charge in [0.15, 0.2) is 0 Å². The number of carboxylic acids is 1. The molecule has 4 nitrogen and oxygen atoms in total. The fraction of sp³-hybridized carbons (Fsp3) is 0.667. The van der Waals surface area contributed by atoms with E-state index in [2.05, 4.69) is 6.58 Å². The van der Waals surface area contributed by atoms with Crippen molar-refractivity contribution in [3.63, 3.8) is 0 Å². The summed E-state index contributed by atoms with van der Waals surface area (Å²) in [4.78, 5) is 22.0. The number of carbonyl (C=O) groups is 2. The molecule has 1 atom stereocenters. The van der Waals surface area contributed by atoms with Gasteiger partial charge in [-0.05, 0) is 18.8 Å². The summed E-state index contributed by atoms with van der Waals surface area (Å²) in [7, 11) is 0. The van der Waals surface area contributed by atoms with E-state index in [-0.39, 0.29) is 12.5 Å². The molecule has 16 heavy (non-hydrogen) atoms. The molecule has 0 heterocycles. The monoisotopic (exact) mass is 226 g/mol. The maximum absolute atomic E-state index is 11.1. The number of aliphatic carboxylic acids is 1. The summed E-state index contributed by atoms with van der Waals surface area (Å²) >= 11 is 0. The smallest absolute Gasteiger partial charge is 0.330 e. The van der Waals surface area contributed by atoms with Gasteiger partial charge in [-0.3, -0.25) is 4.79 Å². The topological polar surface area (TPSA) is 63.6 Å². The van der Waals surface area contributed by atoms with Gasteiger partial charge in [0.25, 0.3) is 0 Å². The van der Waals surface area contributed by atoms with E-state index in [4.69, 9.17) is 9.84 Å². The molecular formula is C12H18O4. The van der Waals surface area contributed by atoms with Crippen molar-refractivity contribution in [2.24, 2.45) is 11.8 Å². The number of hydrogen-bond donors (Lipinski definition) is 1. The molecule has 0 amide bonds. The molecule has 1 N–H and O–H groups in total. The van der Waals surface area contributed by atoms with Crippen LogP contribution in [-0.4, -0.2) is 23.7 Å². The SMILES string of the molecule is C=CC(=O)OCC(C(=O)O)C1CCCCC1. The molecule has 4 heteroatoms. The fourth-order valence-corrected chi connectivity index (χ4v) is 2.18. The molecule has 1 unspecified atom stereocenters. The molecule has 0 aromatic rings. The number of carbonyl (C=O) groups excluding carboxylic acids is 1. The minimum Gasteiger partial charge on any atom is -0.481 e. The molecule has 0 bridgehead atoms. The van der Waals surface area contributed by atoms with Gasteiger partial charge >= 0.3 is 11.9 Å². The third kappa shape index (κ3) is 3.68. The van der Waals surface area contributed by atoms with Crippen LogP contribution < -0.4 is 0 Å². The van der Waals surface area contributed by atoms with E-state index in [1.165, 1.54) is 6.42 Å². The van der Waals surface area contributed by atoms with Crippen molar-refractivity contribution in [1.82, 2.24) is 0 Å². The molecule has 1 aliphatic carbocycles. The van der Waals surface area contributed by atoms with Crippen LogP contribution in [0.1, 0.15) is 32.1 Å². The molecule has 1 rings (SSSR count). The molecule has 0 saturated heterocycles. The summed E-state index contributed by atoms with van der Waals surface area (Å²) in [6.07, 6.45) is 6.22. The van der Waals surface area contributed by atoms with Gasteiger partial charge in [0.2, 0.25) is 0 Å². The third-order valence-corrected chi connectivity index (χ3v) is 3.11. The molecule has 0 spiro atoms. The Morgan fingerprint density at radius 2 is 2.00 bits per heavy atom. The van der Waals surface area contributed by atoms with Crippen LogP contribution in [0.15, 0.2) is 12.7 Å². The predicted octanol–water partition coefficient (Wildman–Crippen LogP) is 2.00. The van der Waals surface area contributed by atoms with Crippen LogP contribution in [0.2, 0.25) is 0 Å². The quantitative estimate of drug-likeness (QED) is 0.575. The standard InChI is InChI=1S/C12H18O4/c1-2-11(13)16-8-10(12(14)15)9-6-4-3-5-7-9/h2,9-10H,1,3-8H2,(H,14,15). The lowest BCUT2D eigenvalue weighted by atomic mass is 9.80. The largest absolute Gasteiger partial charge is 0.481 e. The number of ether oxygens (including phenoxy) is 1. The Kier molecular flexibility index (Phi) is 5.02. The lowest BCUT2D eigenvalue weighted by Crippen LogP contribution is -2.30. The molecule has 0 aliphatic heterocycles. The van der Waals surface area contributed by atoms with E-state index in [1.54, 1.807) is 0 Å². The highest BCUT2D eigenvalue weighted by atomic mass is 16.5. The van der Waals surface area contributed by atoms with Crippen molar-refractivity contribution in [3.8, 4) is 0 Å². The second kappa shape index (κ2) is 6.30. The number of rotatable bonds is 5. The Morgan fingerprint density at radius 1 is 1.38 bits per heavy atom. The molecule has 0 aromatic heterocycles. The van der Waals surface area contributed by atoms with Crippen molar-refractivity contribution < 1.29 is 19.4 Å². The van der Waals surface area contributed by atoms with Gasteiger partial charge in [0.05, 0.1) is 5.92 Å². The van der Waals surface area contributed by atoms with Crippen LogP contribution in [-0.2, 0) is 14.3 Å². The first kappa shape index (κ1) is 12.7. The Bertz CT molecular complexity index is 266. The number of carboxylic acid groups (broad SMARTS) is 1. The highest BCUT2D eigenvalue weighted by molar-refractivity contribution is 5.81. The summed E-state index contributed by atoms with van der Waals surface area (Å²) in [5.41, 5.74) is 0. The normalized spacial score (nSPS) is 18.8. The maximum Gasteiger partial charge on any atom is 0.330 e. The maximum atomic E-state index is 11.1. The minimum atomic E-state index is -0.872. The van der Waals surface area contributed by atoms with Crippen molar-refractivity contribution in [1.29, 1.82) is 0 Å². The van der Waals surface area contributed by atoms with E-state index < -0.39 is 17.9 Å². The van der Waals surface area contributed by atoms with E-state index in [0.29, 0.717) is 0 Å². The van der Waals surface area contributed by atoms with E-state index in [1.807, 2.05) is 0 Å². The first-order chi connectivity index (χ1) is 7.65. The van der Waals surface area contributed by atoms with Crippen molar-refractivity contribution >= 4 is 11.9 Å². The molecule has 0 radical (unpaired) electrons. The number of hydrogen-bond acceptors (Lipinski definition) is 3. The average molecular weight is 226 g/mol. The molecular weight excluding hydrogens is 208 g/mol. The highest BCUT2D eigenvalue weighted by Crippen LogP contribution is 2.30. The van der Waals surface area contributed by atoms with Gasteiger partial charge in [-0.25, -0.2) is 4.79 Å². The lowest BCUT2D eigenvalue weighted by Gasteiger charge is -2.26. The molecule has 0 aromatic carbocycles. The zero-order chi connectivity index (χ0) is 12.0. The first-order valence-electron chi connectivity index (χ1n) is 5.67. The Balaban J connectivity index is 2.49. The van der Waals surface area contributed by atoms with Gasteiger partial charge in [-0.1, -0.05) is 25.8 Å². The van der Waals surface area contributed by atoms with Crippen LogP contribution in [0.5, 0.6) is 0 Å². The summed E-state index contributed by atoms with van der Waals surface area (Å²) in [5, 5.41) is 9.09. The summed E-state index contributed by atoms with van der Waals surface area (Å²) in [6, 6.07) is 0. The van der Waals surface area contributed by atoms with Gasteiger partial charge in [0.1, 0.15) is 6.61 Å². The van der Waals surface area contributed by atoms with Gasteiger partial charge in [0, 0.05) is 6.08 Å². The van der Waals surface area contributed by atoms with Crippen LogP contribution in [0, 0.1) is 11.8 Å². The average Bonchev–Trinajstić information content (AvgIpc) is 2.30. The van der Waals surface area contributed by atoms with E-state index in [0.717, 1.165) is 31.8 Å². The van der Waals surface area contributed by atoms with Crippen molar-refractivity contribution in [3.05, 3.63) is 12.7 Å². The Labute approximate surface area is 95.3 Å². The van der Waals surface area contributed by atoms with Gasteiger partial charge in [-0.2, -0.15) is 0 Å². The van der Waals surface area contributed by atoms with E-state index in [9.17, 15) is 9.59 Å². The zero-order valence-corrected chi connectivity index (χ0v) is 9.35. The van der Waals surface area contributed by atoms with Gasteiger partial charge < -0.3 is 9.84 Å². The van der Waals surface area contributed by atoms with Crippen molar-refractivity contribution in [2.45, 2.75) is 32.1 Å². The van der Waals surface area contributed by atoms with Gasteiger partial charge in [-0.15, -0.1) is 0 Å². The van der Waals surface area contributed by atoms with E-state index >= 15 is 0 Å². The minimum absolute atomic E-state index is 0.0369. The van der Waals surface area contributed by atoms with Crippen LogP contribution in [0.3, 0.4) is 0 Å². The lowest BCUT2D eigenvalue weighted by molar-refractivity contribution is -0.151. The molecule has 1 aliphatic rings. The molecule has 1 fully saturated rings. The number of esters is 1. The zero-order valence-electron chi connectivity index (χ0n) is 9.35. The Morgan fingerprint density at radius 3 is 2.50 bits per heavy atom. The summed E-state index contributed by atoms with van der Waals surface area (Å²) in [5.74, 6) is -1.85. The van der Waals surface area contributed by atoms with Crippen LogP contribution in [0.4, 0.5) is 0 Å². The molecule has 90 valence electrons. The molecule has 1 saturated carbocycles. The first-order valence-corrected chi connectivity index (χ1v) is 5.67. The Hall–Kier alpha value is -1.32. The van der Waals surface area contributed by atoms with Crippen LogP contribution >= 0.6 is 0 Å². The second-order valence-corrected chi connectivity index (χ2v) is 4.18. The third-order valence-electron chi connectivity index (χ3n) is 3.11. The van der Waals surface area contributed by atoms with Crippen molar-refractivity contribution in [2.75, 3.05) is 6.61 Å². The fourth-order valence-electron chi connectivity index (χ4n) is 2.18. The summed E-state index contributed by atoms with van der Waals surface area (Å²) in [6.45, 7) is 3.24. The summed E-state index contributed by atoms with van der Waals surface area (Å²) < 4.78 is 4.83. The predicted molar refractivity (Wildman–Crippen MR) is 58.9 cm³/mol. The highest BCUT2D eigenvalue weighted by Gasteiger charge is 2.30. The second-order valence-electron chi connectivity index (χ2n) is 4.18. The van der Waals surface area contributed by atoms with Crippen LogP contribution in [0.25, 0.3) is 0 Å².